The number of aliphatic imine (C=N–C) groups is 1. The van der Waals surface area contributed by atoms with E-state index in [2.05, 4.69) is 10.3 Å². The van der Waals surface area contributed by atoms with E-state index < -0.39 is 5.91 Å². The van der Waals surface area contributed by atoms with Crippen LogP contribution in [0.4, 0.5) is 5.69 Å². The number of anilines is 1. The Balaban J connectivity index is 0.00000242. The number of primary amides is 1. The Kier molecular flexibility index (Phi) is 6.84. The highest BCUT2D eigenvalue weighted by Crippen LogP contribution is 2.09. The van der Waals surface area contributed by atoms with Crippen molar-refractivity contribution in [1.29, 1.82) is 0 Å². The summed E-state index contributed by atoms with van der Waals surface area (Å²) in [7, 11) is 0. The summed E-state index contributed by atoms with van der Waals surface area (Å²) in [5.41, 5.74) is 14.5. The molecule has 0 saturated heterocycles. The van der Waals surface area contributed by atoms with Crippen molar-refractivity contribution in [2.24, 2.45) is 16.5 Å². The molecule has 0 spiro atoms. The molecule has 116 valence electrons. The van der Waals surface area contributed by atoms with Crippen LogP contribution in [0.1, 0.15) is 21.5 Å². The Morgan fingerprint density at radius 1 is 1.14 bits per heavy atom. The lowest BCUT2D eigenvalue weighted by molar-refractivity contribution is 0.1000. The number of carbonyl (C=O) groups is 1. The monoisotopic (exact) mass is 410 g/mol. The number of benzene rings is 2. The number of guanidine groups is 1. The highest BCUT2D eigenvalue weighted by atomic mass is 127. The van der Waals surface area contributed by atoms with Crippen LogP contribution in [-0.2, 0) is 6.54 Å². The van der Waals surface area contributed by atoms with Gasteiger partial charge in [0.15, 0.2) is 5.96 Å². The topological polar surface area (TPSA) is 93.5 Å². The molecule has 6 heteroatoms. The average Bonchev–Trinajstić information content (AvgIpc) is 2.48. The number of halogens is 1. The third-order valence-corrected chi connectivity index (χ3v) is 2.97. The molecule has 0 aliphatic heterocycles. The first-order valence-corrected chi connectivity index (χ1v) is 6.57. The summed E-state index contributed by atoms with van der Waals surface area (Å²) >= 11 is 0. The molecule has 22 heavy (non-hydrogen) atoms. The van der Waals surface area contributed by atoms with Gasteiger partial charge in [0.25, 0.3) is 0 Å². The Bertz CT molecular complexity index is 668. The molecule has 5 N–H and O–H groups in total. The predicted octanol–water partition coefficient (Wildman–Crippen LogP) is 2.64. The highest BCUT2D eigenvalue weighted by molar-refractivity contribution is 14.0. The van der Waals surface area contributed by atoms with E-state index in [1.807, 2.05) is 37.3 Å². The van der Waals surface area contributed by atoms with Gasteiger partial charge in [0.1, 0.15) is 0 Å². The lowest BCUT2D eigenvalue weighted by Gasteiger charge is -2.06. The first kappa shape index (κ1) is 18.0. The molecule has 5 nitrogen and oxygen atoms in total. The maximum atomic E-state index is 11.1. The quantitative estimate of drug-likeness (QED) is 0.411. The summed E-state index contributed by atoms with van der Waals surface area (Å²) in [6, 6.07) is 14.9. The first-order chi connectivity index (χ1) is 10.0. The van der Waals surface area contributed by atoms with Gasteiger partial charge in [-0.3, -0.25) is 4.79 Å². The van der Waals surface area contributed by atoms with E-state index in [1.54, 1.807) is 18.2 Å². The Labute approximate surface area is 146 Å². The average molecular weight is 410 g/mol. The van der Waals surface area contributed by atoms with Gasteiger partial charge in [-0.2, -0.15) is 0 Å². The Hall–Kier alpha value is -2.09. The van der Waals surface area contributed by atoms with Gasteiger partial charge in [-0.25, -0.2) is 4.99 Å². The first-order valence-electron chi connectivity index (χ1n) is 6.57. The molecule has 0 aromatic heterocycles. The zero-order chi connectivity index (χ0) is 15.2. The molecule has 2 rings (SSSR count). The minimum atomic E-state index is -0.452. The molecule has 0 radical (unpaired) electrons. The standard InChI is InChI=1S/C16H18N4O.HI/c1-11-5-7-14(8-6-11)20-16(18)19-10-12-3-2-4-13(9-12)15(17)21;/h2-9H,10H2,1H3,(H2,17,21)(H3,18,19,20);1H. The van der Waals surface area contributed by atoms with Gasteiger partial charge in [-0.15, -0.1) is 24.0 Å². The smallest absolute Gasteiger partial charge is 0.248 e. The van der Waals surface area contributed by atoms with Crippen molar-refractivity contribution >= 4 is 41.5 Å². The van der Waals surface area contributed by atoms with Crippen LogP contribution in [-0.4, -0.2) is 11.9 Å². The number of nitrogens with zero attached hydrogens (tertiary/aromatic N) is 1. The molecule has 0 bridgehead atoms. The summed E-state index contributed by atoms with van der Waals surface area (Å²) in [6.07, 6.45) is 0. The molecule has 1 amide bonds. The van der Waals surface area contributed by atoms with Crippen LogP contribution in [0.15, 0.2) is 53.5 Å². The Morgan fingerprint density at radius 3 is 2.45 bits per heavy atom. The van der Waals surface area contributed by atoms with Crippen molar-refractivity contribution in [2.75, 3.05) is 5.32 Å². The third-order valence-electron chi connectivity index (χ3n) is 2.97. The second-order valence-electron chi connectivity index (χ2n) is 4.76. The normalized spacial score (nSPS) is 10.7. The van der Waals surface area contributed by atoms with E-state index in [9.17, 15) is 4.79 Å². The second kappa shape index (κ2) is 8.38. The van der Waals surface area contributed by atoms with Gasteiger partial charge in [0.2, 0.25) is 5.91 Å². The fourth-order valence-electron chi connectivity index (χ4n) is 1.82. The van der Waals surface area contributed by atoms with Crippen LogP contribution >= 0.6 is 24.0 Å². The summed E-state index contributed by atoms with van der Waals surface area (Å²) in [5.74, 6) is -0.130. The fraction of sp³-hybridized carbons (Fsp3) is 0.125. The maximum absolute atomic E-state index is 11.1. The van der Waals surface area contributed by atoms with Gasteiger partial charge in [0.05, 0.1) is 6.54 Å². The summed E-state index contributed by atoms with van der Waals surface area (Å²) in [6.45, 7) is 2.40. The molecule has 0 heterocycles. The minimum absolute atomic E-state index is 0. The summed E-state index contributed by atoms with van der Waals surface area (Å²) in [5, 5.41) is 3.01. The molecular formula is C16H19IN4O. The van der Waals surface area contributed by atoms with Crippen LogP contribution in [0, 0.1) is 6.92 Å². The van der Waals surface area contributed by atoms with Crippen molar-refractivity contribution in [1.82, 2.24) is 0 Å². The number of hydrogen-bond acceptors (Lipinski definition) is 2. The highest BCUT2D eigenvalue weighted by Gasteiger charge is 2.01. The van der Waals surface area contributed by atoms with E-state index in [1.165, 1.54) is 5.56 Å². The lowest BCUT2D eigenvalue weighted by atomic mass is 10.1. The van der Waals surface area contributed by atoms with E-state index in [0.29, 0.717) is 18.1 Å². The van der Waals surface area contributed by atoms with Crippen LogP contribution in [0.25, 0.3) is 0 Å². The van der Waals surface area contributed by atoms with Gasteiger partial charge >= 0.3 is 0 Å². The van der Waals surface area contributed by atoms with Crippen molar-refractivity contribution in [2.45, 2.75) is 13.5 Å². The van der Waals surface area contributed by atoms with Crippen molar-refractivity contribution in [3.63, 3.8) is 0 Å². The number of aryl methyl sites for hydroxylation is 1. The van der Waals surface area contributed by atoms with Crippen molar-refractivity contribution < 1.29 is 4.79 Å². The third kappa shape index (κ3) is 5.36. The van der Waals surface area contributed by atoms with Gasteiger partial charge in [-0.05, 0) is 36.8 Å². The summed E-state index contributed by atoms with van der Waals surface area (Å²) < 4.78 is 0. The summed E-state index contributed by atoms with van der Waals surface area (Å²) in [4.78, 5) is 15.4. The molecule has 2 aromatic carbocycles. The molecule has 0 unspecified atom stereocenters. The fourth-order valence-corrected chi connectivity index (χ4v) is 1.82. The van der Waals surface area contributed by atoms with Crippen LogP contribution in [0.2, 0.25) is 0 Å². The maximum Gasteiger partial charge on any atom is 0.248 e. The number of rotatable bonds is 4. The zero-order valence-electron chi connectivity index (χ0n) is 12.2. The van der Waals surface area contributed by atoms with Gasteiger partial charge < -0.3 is 16.8 Å². The van der Waals surface area contributed by atoms with E-state index in [0.717, 1.165) is 11.3 Å². The number of amides is 1. The van der Waals surface area contributed by atoms with Crippen molar-refractivity contribution in [3.8, 4) is 0 Å². The number of nitrogens with one attached hydrogen (secondary N) is 1. The number of nitrogens with two attached hydrogens (primary N) is 2. The molecule has 0 aliphatic carbocycles. The molecule has 0 aliphatic rings. The number of hydrogen-bond donors (Lipinski definition) is 3. The predicted molar refractivity (Wildman–Crippen MR) is 101 cm³/mol. The SMILES string of the molecule is Cc1ccc(NC(N)=NCc2cccc(C(N)=O)c2)cc1.I. The van der Waals surface area contributed by atoms with Crippen LogP contribution < -0.4 is 16.8 Å². The van der Waals surface area contributed by atoms with Gasteiger partial charge in [0, 0.05) is 11.3 Å². The van der Waals surface area contributed by atoms with Gasteiger partial charge in [-0.1, -0.05) is 29.8 Å². The molecule has 0 fully saturated rings. The zero-order valence-corrected chi connectivity index (χ0v) is 14.6. The largest absolute Gasteiger partial charge is 0.370 e. The second-order valence-corrected chi connectivity index (χ2v) is 4.76. The van der Waals surface area contributed by atoms with Crippen molar-refractivity contribution in [3.05, 3.63) is 65.2 Å². The van der Waals surface area contributed by atoms with E-state index in [-0.39, 0.29) is 24.0 Å². The Morgan fingerprint density at radius 2 is 1.82 bits per heavy atom. The molecule has 2 aromatic rings. The molecule has 0 atom stereocenters. The lowest BCUT2D eigenvalue weighted by Crippen LogP contribution is -2.22. The van der Waals surface area contributed by atoms with Crippen LogP contribution in [0.3, 0.4) is 0 Å². The molecular weight excluding hydrogens is 391 g/mol. The van der Waals surface area contributed by atoms with E-state index >= 15 is 0 Å². The van der Waals surface area contributed by atoms with Crippen LogP contribution in [0.5, 0.6) is 0 Å². The minimum Gasteiger partial charge on any atom is -0.370 e. The number of carbonyl (C=O) groups excluding carboxylic acids is 1. The molecule has 0 saturated carbocycles. The van der Waals surface area contributed by atoms with E-state index in [4.69, 9.17) is 11.5 Å².